The summed E-state index contributed by atoms with van der Waals surface area (Å²) in [6.45, 7) is 1.98. The zero-order valence-electron chi connectivity index (χ0n) is 10.9. The molecule has 7 heteroatoms. The molecule has 0 saturated carbocycles. The number of carboxylic acid groups (broad SMARTS) is 1. The van der Waals surface area contributed by atoms with Crippen LogP contribution in [0.2, 0.25) is 0 Å². The van der Waals surface area contributed by atoms with E-state index in [1.54, 1.807) is 0 Å². The molecule has 0 aliphatic carbocycles. The normalized spacial score (nSPS) is 12.3. The molecule has 3 N–H and O–H groups in total. The second-order valence-electron chi connectivity index (χ2n) is 4.29. The van der Waals surface area contributed by atoms with Crippen LogP contribution >= 0.6 is 11.8 Å². The van der Waals surface area contributed by atoms with Gasteiger partial charge in [-0.2, -0.15) is 4.98 Å². The Kier molecular flexibility index (Phi) is 4.75. The summed E-state index contributed by atoms with van der Waals surface area (Å²) in [5.41, 5.74) is 7.41. The predicted octanol–water partition coefficient (Wildman–Crippen LogP) is 1.69. The van der Waals surface area contributed by atoms with Crippen molar-refractivity contribution in [2.24, 2.45) is 5.73 Å². The van der Waals surface area contributed by atoms with Crippen molar-refractivity contribution in [3.05, 3.63) is 35.7 Å². The van der Waals surface area contributed by atoms with Crippen molar-refractivity contribution in [1.29, 1.82) is 0 Å². The van der Waals surface area contributed by atoms with Crippen LogP contribution in [0.1, 0.15) is 11.5 Å². The van der Waals surface area contributed by atoms with Gasteiger partial charge in [-0.15, -0.1) is 11.8 Å². The molecular formula is C13H15N3O3S. The zero-order chi connectivity index (χ0) is 14.5. The van der Waals surface area contributed by atoms with Gasteiger partial charge in [-0.25, -0.2) is 0 Å². The number of rotatable bonds is 6. The highest BCUT2D eigenvalue weighted by molar-refractivity contribution is 7.98. The van der Waals surface area contributed by atoms with E-state index in [1.807, 2.05) is 31.2 Å². The number of thioether (sulfide) groups is 1. The third-order valence-electron chi connectivity index (χ3n) is 2.69. The lowest BCUT2D eigenvalue weighted by molar-refractivity contribution is -0.137. The van der Waals surface area contributed by atoms with E-state index >= 15 is 0 Å². The molecule has 0 aliphatic rings. The highest BCUT2D eigenvalue weighted by Crippen LogP contribution is 2.21. The minimum absolute atomic E-state index is 0.303. The molecule has 0 bridgehead atoms. The van der Waals surface area contributed by atoms with Crippen molar-refractivity contribution < 1.29 is 14.4 Å². The summed E-state index contributed by atoms with van der Waals surface area (Å²) >= 11 is 1.35. The number of carbonyl (C=O) groups is 1. The van der Waals surface area contributed by atoms with Crippen LogP contribution in [0.25, 0.3) is 11.4 Å². The van der Waals surface area contributed by atoms with E-state index in [-0.39, 0.29) is 0 Å². The molecule has 1 atom stereocenters. The predicted molar refractivity (Wildman–Crippen MR) is 76.2 cm³/mol. The fraction of sp³-hybridized carbons (Fsp3) is 0.308. The first-order chi connectivity index (χ1) is 9.58. The summed E-state index contributed by atoms with van der Waals surface area (Å²) in [5.74, 6) is 0.743. The maximum atomic E-state index is 10.6. The quantitative estimate of drug-likeness (QED) is 0.835. The molecule has 1 heterocycles. The Morgan fingerprint density at radius 2 is 2.25 bits per heavy atom. The van der Waals surface area contributed by atoms with Crippen LogP contribution in [0.4, 0.5) is 0 Å². The Morgan fingerprint density at radius 1 is 1.50 bits per heavy atom. The van der Waals surface area contributed by atoms with Gasteiger partial charge < -0.3 is 15.4 Å². The van der Waals surface area contributed by atoms with Gasteiger partial charge in [0.2, 0.25) is 11.7 Å². The minimum atomic E-state index is -1.01. The lowest BCUT2D eigenvalue weighted by Gasteiger charge is -2.03. The van der Waals surface area contributed by atoms with E-state index in [9.17, 15) is 4.79 Å². The van der Waals surface area contributed by atoms with Crippen molar-refractivity contribution in [2.75, 3.05) is 5.75 Å². The van der Waals surface area contributed by atoms with E-state index in [0.29, 0.717) is 23.2 Å². The van der Waals surface area contributed by atoms with Crippen molar-refractivity contribution >= 4 is 17.7 Å². The second kappa shape index (κ2) is 6.53. The average molecular weight is 293 g/mol. The van der Waals surface area contributed by atoms with Gasteiger partial charge in [0.25, 0.3) is 0 Å². The molecule has 0 fully saturated rings. The Bertz CT molecular complexity index is 600. The molecule has 106 valence electrons. The molecule has 0 radical (unpaired) electrons. The molecule has 20 heavy (non-hydrogen) atoms. The van der Waals surface area contributed by atoms with Crippen LogP contribution in [0.3, 0.4) is 0 Å². The molecule has 2 aromatic rings. The Hall–Kier alpha value is -1.86. The lowest BCUT2D eigenvalue weighted by Crippen LogP contribution is -2.32. The van der Waals surface area contributed by atoms with E-state index < -0.39 is 12.0 Å². The van der Waals surface area contributed by atoms with Gasteiger partial charge in [-0.05, 0) is 12.5 Å². The first-order valence-corrected chi connectivity index (χ1v) is 7.18. The lowest BCUT2D eigenvalue weighted by atomic mass is 10.1. The van der Waals surface area contributed by atoms with Gasteiger partial charge in [-0.3, -0.25) is 4.79 Å². The molecule has 0 spiro atoms. The standard InChI is InChI=1S/C13H15N3O3S/c1-8-4-2-3-5-9(8)12-15-11(19-16-12)7-20-6-10(14)13(17)18/h2-5,10H,6-7,14H2,1H3,(H,17,18)/t10-/m1/s1. The number of hydrogen-bond acceptors (Lipinski definition) is 6. The SMILES string of the molecule is Cc1ccccc1-c1noc(CSC[C@@H](N)C(=O)O)n1. The minimum Gasteiger partial charge on any atom is -0.480 e. The van der Waals surface area contributed by atoms with Gasteiger partial charge in [-0.1, -0.05) is 29.4 Å². The van der Waals surface area contributed by atoms with Gasteiger partial charge >= 0.3 is 5.97 Å². The first kappa shape index (κ1) is 14.5. The number of benzene rings is 1. The summed E-state index contributed by atoms with van der Waals surface area (Å²) in [7, 11) is 0. The van der Waals surface area contributed by atoms with Gasteiger partial charge in [0.1, 0.15) is 6.04 Å². The maximum absolute atomic E-state index is 10.6. The number of nitrogens with zero attached hydrogens (tertiary/aromatic N) is 2. The molecule has 0 unspecified atom stereocenters. The molecule has 0 saturated heterocycles. The number of aliphatic carboxylic acids is 1. The van der Waals surface area contributed by atoms with E-state index in [0.717, 1.165) is 11.1 Å². The third-order valence-corrected chi connectivity index (χ3v) is 3.74. The van der Waals surface area contributed by atoms with E-state index in [4.69, 9.17) is 15.4 Å². The number of aromatic nitrogens is 2. The Balaban J connectivity index is 1.96. The second-order valence-corrected chi connectivity index (χ2v) is 5.32. The summed E-state index contributed by atoms with van der Waals surface area (Å²) in [4.78, 5) is 14.9. The highest BCUT2D eigenvalue weighted by Gasteiger charge is 2.14. The Morgan fingerprint density at radius 3 is 2.95 bits per heavy atom. The van der Waals surface area contributed by atoms with Crippen LogP contribution in [0.5, 0.6) is 0 Å². The molecule has 0 amide bonds. The van der Waals surface area contributed by atoms with E-state index in [2.05, 4.69) is 10.1 Å². The summed E-state index contributed by atoms with van der Waals surface area (Å²) in [6, 6.07) is 6.89. The van der Waals surface area contributed by atoms with Crippen LogP contribution < -0.4 is 5.73 Å². The largest absolute Gasteiger partial charge is 0.480 e. The van der Waals surface area contributed by atoms with Gasteiger partial charge in [0, 0.05) is 11.3 Å². The van der Waals surface area contributed by atoms with Crippen molar-refractivity contribution in [3.8, 4) is 11.4 Å². The van der Waals surface area contributed by atoms with E-state index in [1.165, 1.54) is 11.8 Å². The monoisotopic (exact) mass is 293 g/mol. The maximum Gasteiger partial charge on any atom is 0.321 e. The molecular weight excluding hydrogens is 278 g/mol. The number of nitrogens with two attached hydrogens (primary N) is 1. The highest BCUT2D eigenvalue weighted by atomic mass is 32.2. The third kappa shape index (κ3) is 3.58. The van der Waals surface area contributed by atoms with Crippen molar-refractivity contribution in [2.45, 2.75) is 18.7 Å². The Labute approximate surface area is 120 Å². The fourth-order valence-electron chi connectivity index (χ4n) is 1.59. The molecule has 2 rings (SSSR count). The van der Waals surface area contributed by atoms with Crippen LogP contribution in [-0.4, -0.2) is 33.0 Å². The van der Waals surface area contributed by atoms with Gasteiger partial charge in [0.15, 0.2) is 0 Å². The zero-order valence-corrected chi connectivity index (χ0v) is 11.8. The number of hydrogen-bond donors (Lipinski definition) is 2. The van der Waals surface area contributed by atoms with Crippen LogP contribution in [0.15, 0.2) is 28.8 Å². The summed E-state index contributed by atoms with van der Waals surface area (Å²) in [6.07, 6.45) is 0. The van der Waals surface area contributed by atoms with Crippen LogP contribution in [-0.2, 0) is 10.5 Å². The summed E-state index contributed by atoms with van der Waals surface area (Å²) in [5, 5.41) is 12.6. The number of aryl methyl sites for hydroxylation is 1. The molecule has 1 aromatic carbocycles. The smallest absolute Gasteiger partial charge is 0.321 e. The molecule has 0 aliphatic heterocycles. The van der Waals surface area contributed by atoms with Crippen molar-refractivity contribution in [3.63, 3.8) is 0 Å². The first-order valence-electron chi connectivity index (χ1n) is 6.02. The molecule has 6 nitrogen and oxygen atoms in total. The van der Waals surface area contributed by atoms with Crippen LogP contribution in [0, 0.1) is 6.92 Å². The van der Waals surface area contributed by atoms with Gasteiger partial charge in [0.05, 0.1) is 5.75 Å². The topological polar surface area (TPSA) is 102 Å². The molecule has 1 aromatic heterocycles. The summed E-state index contributed by atoms with van der Waals surface area (Å²) < 4.78 is 5.15. The number of carboxylic acids is 1. The fourth-order valence-corrected chi connectivity index (χ4v) is 2.40. The van der Waals surface area contributed by atoms with Crippen molar-refractivity contribution in [1.82, 2.24) is 10.1 Å². The average Bonchev–Trinajstić information content (AvgIpc) is 2.87.